The predicted molar refractivity (Wildman–Crippen MR) is 290 cm³/mol. The normalized spacial score (nSPS) is 26.4. The summed E-state index contributed by atoms with van der Waals surface area (Å²) in [6.07, 6.45) is 45.6. The fraction of sp³-hybridized carbons (Fsp3) is 0.644. The maximum Gasteiger partial charge on any atom is 0.220 e. The molecule has 2 fully saturated rings. The van der Waals surface area contributed by atoms with Gasteiger partial charge < -0.3 is 65.1 Å². The minimum atomic E-state index is -1.80. The van der Waals surface area contributed by atoms with Crippen LogP contribution in [-0.4, -0.2) is 140 Å². The van der Waals surface area contributed by atoms with Crippen molar-refractivity contribution >= 4 is 5.91 Å². The Labute approximate surface area is 438 Å². The van der Waals surface area contributed by atoms with Crippen LogP contribution in [0.15, 0.2) is 122 Å². The monoisotopic (exact) mass is 1030 g/mol. The summed E-state index contributed by atoms with van der Waals surface area (Å²) in [5.41, 5.74) is 0. The first-order chi connectivity index (χ1) is 35.6. The second-order valence-electron chi connectivity index (χ2n) is 18.6. The second kappa shape index (κ2) is 43.6. The van der Waals surface area contributed by atoms with Crippen LogP contribution in [0, 0.1) is 0 Å². The largest absolute Gasteiger partial charge is 0.394 e. The van der Waals surface area contributed by atoms with Gasteiger partial charge in [0.1, 0.15) is 48.8 Å². The Kier molecular flexibility index (Phi) is 39.1. The van der Waals surface area contributed by atoms with Crippen LogP contribution in [0.4, 0.5) is 0 Å². The van der Waals surface area contributed by atoms with Gasteiger partial charge in [0, 0.05) is 6.42 Å². The quantitative estimate of drug-likeness (QED) is 0.0208. The lowest BCUT2D eigenvalue weighted by Gasteiger charge is -2.46. The van der Waals surface area contributed by atoms with Crippen molar-refractivity contribution in [2.75, 3.05) is 19.8 Å². The highest BCUT2D eigenvalue weighted by Crippen LogP contribution is 2.30. The molecule has 12 atom stereocenters. The number of unbranched alkanes of at least 4 members (excludes halogenated alkanes) is 9. The number of hydrogen-bond acceptors (Lipinski definition) is 13. The molecule has 2 heterocycles. The summed E-state index contributed by atoms with van der Waals surface area (Å²) in [7, 11) is 0. The van der Waals surface area contributed by atoms with Crippen LogP contribution < -0.4 is 5.32 Å². The van der Waals surface area contributed by atoms with E-state index in [-0.39, 0.29) is 18.9 Å². The van der Waals surface area contributed by atoms with E-state index in [1.165, 1.54) is 0 Å². The van der Waals surface area contributed by atoms with Gasteiger partial charge in [-0.25, -0.2) is 0 Å². The summed E-state index contributed by atoms with van der Waals surface area (Å²) in [5, 5.41) is 86.5. The van der Waals surface area contributed by atoms with Crippen molar-refractivity contribution in [3.63, 3.8) is 0 Å². The Morgan fingerprint density at radius 3 is 1.51 bits per heavy atom. The molecule has 14 heteroatoms. The first-order valence-electron chi connectivity index (χ1n) is 27.3. The van der Waals surface area contributed by atoms with Crippen LogP contribution in [0.3, 0.4) is 0 Å². The van der Waals surface area contributed by atoms with Gasteiger partial charge in [0.25, 0.3) is 0 Å². The van der Waals surface area contributed by atoms with Crippen molar-refractivity contribution in [3.8, 4) is 0 Å². The molecule has 0 bridgehead atoms. The molecule has 73 heavy (non-hydrogen) atoms. The van der Waals surface area contributed by atoms with Crippen molar-refractivity contribution < 1.29 is 64.6 Å². The number of aliphatic hydroxyl groups is 8. The van der Waals surface area contributed by atoms with Gasteiger partial charge in [-0.05, 0) is 89.9 Å². The topological polar surface area (TPSA) is 228 Å². The van der Waals surface area contributed by atoms with Gasteiger partial charge in [-0.3, -0.25) is 4.79 Å². The summed E-state index contributed by atoms with van der Waals surface area (Å²) in [6.45, 7) is 2.53. The van der Waals surface area contributed by atoms with Gasteiger partial charge in [0.05, 0.1) is 32.0 Å². The molecule has 9 N–H and O–H groups in total. The third kappa shape index (κ3) is 29.9. The molecule has 0 aliphatic carbocycles. The maximum atomic E-state index is 13.1. The SMILES string of the molecule is CC/C=C\C/C=C\C/C=C\C/C=C\C/C=C\C/C=C\C/C=C\C/C=C\CCCCCCCCC(=O)NC(COC1OC(CO)C(OC2OC(CO)C(O)C(O)C2O)C(O)C1O)C(O)/C=C/CC/C=C/CCCC. The molecule has 0 aromatic heterocycles. The average molecular weight is 1030 g/mol. The fourth-order valence-electron chi connectivity index (χ4n) is 7.95. The highest BCUT2D eigenvalue weighted by atomic mass is 16.7. The fourth-order valence-corrected chi connectivity index (χ4v) is 7.95. The van der Waals surface area contributed by atoms with Crippen LogP contribution in [-0.2, 0) is 23.7 Å². The van der Waals surface area contributed by atoms with Crippen molar-refractivity contribution in [1.29, 1.82) is 0 Å². The molecule has 2 rings (SSSR count). The number of carbonyl (C=O) groups is 1. The molecule has 14 nitrogen and oxygen atoms in total. The molecule has 2 saturated heterocycles. The Bertz CT molecular complexity index is 1680. The van der Waals surface area contributed by atoms with Gasteiger partial charge in [-0.1, -0.05) is 174 Å². The van der Waals surface area contributed by atoms with Crippen LogP contribution in [0.1, 0.15) is 149 Å². The van der Waals surface area contributed by atoms with Crippen molar-refractivity contribution in [2.45, 2.75) is 222 Å². The van der Waals surface area contributed by atoms with E-state index in [4.69, 9.17) is 18.9 Å². The third-order valence-electron chi connectivity index (χ3n) is 12.4. The minimum absolute atomic E-state index is 0.247. The Morgan fingerprint density at radius 1 is 0.507 bits per heavy atom. The summed E-state index contributed by atoms with van der Waals surface area (Å²) in [6, 6.07) is -0.946. The highest BCUT2D eigenvalue weighted by molar-refractivity contribution is 5.76. The molecule has 12 unspecified atom stereocenters. The molecule has 1 amide bonds. The molecule has 0 saturated carbocycles. The summed E-state index contributed by atoms with van der Waals surface area (Å²) in [4.78, 5) is 13.1. The second-order valence-corrected chi connectivity index (χ2v) is 18.6. The van der Waals surface area contributed by atoms with Gasteiger partial charge in [-0.15, -0.1) is 0 Å². The summed E-state index contributed by atoms with van der Waals surface area (Å²) in [5.74, 6) is -0.275. The maximum absolute atomic E-state index is 13.1. The molecule has 0 aromatic rings. The Hall–Kier alpha value is -3.61. The Balaban J connectivity index is 1.69. The number of nitrogens with one attached hydrogen (secondary N) is 1. The lowest BCUT2D eigenvalue weighted by atomic mass is 9.97. The number of ether oxygens (including phenoxy) is 4. The Morgan fingerprint density at radius 2 is 0.959 bits per heavy atom. The number of rotatable bonds is 40. The molecular formula is C59H95NO13. The lowest BCUT2D eigenvalue weighted by Crippen LogP contribution is -2.65. The smallest absolute Gasteiger partial charge is 0.220 e. The average Bonchev–Trinajstić information content (AvgIpc) is 3.39. The zero-order chi connectivity index (χ0) is 53.2. The highest BCUT2D eigenvalue weighted by Gasteiger charge is 2.51. The van der Waals surface area contributed by atoms with E-state index in [2.05, 4.69) is 129 Å². The van der Waals surface area contributed by atoms with E-state index in [9.17, 15) is 45.6 Å². The number of aliphatic hydroxyl groups excluding tert-OH is 8. The van der Waals surface area contributed by atoms with Gasteiger partial charge in [0.2, 0.25) is 5.91 Å². The van der Waals surface area contributed by atoms with Crippen molar-refractivity contribution in [1.82, 2.24) is 5.32 Å². The molecular weight excluding hydrogens is 931 g/mol. The van der Waals surface area contributed by atoms with E-state index >= 15 is 0 Å². The molecule has 0 spiro atoms. The zero-order valence-electron chi connectivity index (χ0n) is 44.1. The van der Waals surface area contributed by atoms with E-state index in [1.54, 1.807) is 6.08 Å². The first-order valence-corrected chi connectivity index (χ1v) is 27.3. The van der Waals surface area contributed by atoms with Crippen LogP contribution >= 0.6 is 0 Å². The summed E-state index contributed by atoms with van der Waals surface area (Å²) < 4.78 is 22.6. The first kappa shape index (κ1) is 65.5. The molecule has 2 aliphatic rings. The van der Waals surface area contributed by atoms with E-state index in [0.717, 1.165) is 116 Å². The van der Waals surface area contributed by atoms with Crippen LogP contribution in [0.25, 0.3) is 0 Å². The van der Waals surface area contributed by atoms with Crippen LogP contribution in [0.2, 0.25) is 0 Å². The van der Waals surface area contributed by atoms with E-state index < -0.39 is 86.8 Å². The van der Waals surface area contributed by atoms with E-state index in [0.29, 0.717) is 12.8 Å². The zero-order valence-corrected chi connectivity index (χ0v) is 44.1. The molecule has 0 aromatic carbocycles. The minimum Gasteiger partial charge on any atom is -0.394 e. The number of hydrogen-bond donors (Lipinski definition) is 9. The summed E-state index contributed by atoms with van der Waals surface area (Å²) >= 11 is 0. The predicted octanol–water partition coefficient (Wildman–Crippen LogP) is 8.27. The number of amides is 1. The van der Waals surface area contributed by atoms with E-state index in [1.807, 2.05) is 6.08 Å². The van der Waals surface area contributed by atoms with Gasteiger partial charge >= 0.3 is 0 Å². The lowest BCUT2D eigenvalue weighted by molar-refractivity contribution is -0.359. The number of carbonyl (C=O) groups excluding carboxylic acids is 1. The molecule has 0 radical (unpaired) electrons. The third-order valence-corrected chi connectivity index (χ3v) is 12.4. The van der Waals surface area contributed by atoms with Crippen molar-refractivity contribution in [2.24, 2.45) is 0 Å². The van der Waals surface area contributed by atoms with Crippen molar-refractivity contribution in [3.05, 3.63) is 122 Å². The molecule has 2 aliphatic heterocycles. The standard InChI is InChI=1S/C59H95NO13/c1-3-5-7-9-11-13-14-15-16-17-18-19-20-21-22-23-24-25-26-27-28-29-30-31-32-33-34-35-37-39-41-43-51(64)60-47(48(63)42-40-38-36-12-10-8-6-4-2)46-70-58-56(69)54(67)57(50(45-62)72-58)73-59-55(68)53(66)52(65)49(44-61)71-59/h5,7,10-13,15-16,18-19,21-22,24-25,27-28,30-31,40,42,47-50,52-59,61-63,65-69H,3-4,6,8-9,14,17,20,23,26,29,32-39,41,43-46H2,1-2H3,(H,60,64)/b7-5-,12-10+,13-11-,16-15-,19-18-,22-21-,25-24-,28-27-,31-30-,42-40+. The van der Waals surface area contributed by atoms with Gasteiger partial charge in [-0.2, -0.15) is 0 Å². The van der Waals surface area contributed by atoms with Crippen LogP contribution in [0.5, 0.6) is 0 Å². The van der Waals surface area contributed by atoms with Gasteiger partial charge in [0.15, 0.2) is 12.6 Å². The molecule has 414 valence electrons. The number of allylic oxidation sites excluding steroid dienone is 19.